The highest BCUT2D eigenvalue weighted by atomic mass is 16.5. The number of hydrogen-bond acceptors (Lipinski definition) is 7. The number of nitrogens with zero attached hydrogens (tertiary/aromatic N) is 1. The van der Waals surface area contributed by atoms with Crippen LogP contribution in [0.4, 0.5) is 0 Å². The molecular formula is C32H34N2O5. The Morgan fingerprint density at radius 3 is 2.85 bits per heavy atom. The number of fused-ring (bicyclic) bond motifs is 1. The maximum absolute atomic E-state index is 12.0. The Hall–Kier alpha value is -4.10. The number of benzene rings is 2. The Bertz CT molecular complexity index is 1400. The first-order valence-corrected chi connectivity index (χ1v) is 13.4. The van der Waals surface area contributed by atoms with E-state index < -0.39 is 5.97 Å². The van der Waals surface area contributed by atoms with Gasteiger partial charge < -0.3 is 23.9 Å². The molecule has 2 atom stereocenters. The lowest BCUT2D eigenvalue weighted by molar-refractivity contribution is 0.0519. The molecule has 2 aliphatic rings. The fourth-order valence-corrected chi connectivity index (χ4v) is 4.99. The number of allylic oxidation sites excluding steroid dienone is 5. The van der Waals surface area contributed by atoms with Crippen LogP contribution in [0.25, 0.3) is 5.57 Å². The molecule has 1 aromatic heterocycles. The number of hydrogen-bond donors (Lipinski definition) is 1. The zero-order chi connectivity index (χ0) is 27.2. The summed E-state index contributed by atoms with van der Waals surface area (Å²) in [5, 5.41) is 3.62. The summed E-state index contributed by atoms with van der Waals surface area (Å²) in [4.78, 5) is 16.3. The van der Waals surface area contributed by atoms with E-state index in [0.29, 0.717) is 25.0 Å². The Kier molecular flexibility index (Phi) is 8.27. The minimum Gasteiger partial charge on any atom is -0.493 e. The molecule has 0 radical (unpaired) electrons. The Labute approximate surface area is 229 Å². The Morgan fingerprint density at radius 1 is 1.21 bits per heavy atom. The van der Waals surface area contributed by atoms with Gasteiger partial charge in [0.2, 0.25) is 5.89 Å². The van der Waals surface area contributed by atoms with Crippen molar-refractivity contribution in [3.63, 3.8) is 0 Å². The molecule has 0 fully saturated rings. The molecule has 1 N–H and O–H groups in total. The van der Waals surface area contributed by atoms with Gasteiger partial charge in [0.1, 0.15) is 12.9 Å². The van der Waals surface area contributed by atoms with Crippen LogP contribution in [-0.4, -0.2) is 31.2 Å². The molecule has 2 aromatic carbocycles. The van der Waals surface area contributed by atoms with Crippen molar-refractivity contribution in [2.45, 2.75) is 39.3 Å². The maximum Gasteiger partial charge on any atom is 0.360 e. The van der Waals surface area contributed by atoms with E-state index in [0.717, 1.165) is 42.0 Å². The molecule has 5 rings (SSSR count). The van der Waals surface area contributed by atoms with Crippen molar-refractivity contribution in [3.8, 4) is 11.5 Å². The molecule has 39 heavy (non-hydrogen) atoms. The van der Waals surface area contributed by atoms with Crippen molar-refractivity contribution in [2.75, 3.05) is 20.3 Å². The minimum absolute atomic E-state index is 0.0496. The highest BCUT2D eigenvalue weighted by molar-refractivity contribution is 5.87. The Morgan fingerprint density at radius 2 is 2.05 bits per heavy atom. The quantitative estimate of drug-likeness (QED) is 0.331. The number of esters is 1. The van der Waals surface area contributed by atoms with E-state index in [-0.39, 0.29) is 11.7 Å². The van der Waals surface area contributed by atoms with Crippen LogP contribution in [0, 0.1) is 5.92 Å². The van der Waals surface area contributed by atoms with Gasteiger partial charge in [-0.25, -0.2) is 9.78 Å². The van der Waals surface area contributed by atoms with Crippen LogP contribution in [0.3, 0.4) is 0 Å². The van der Waals surface area contributed by atoms with Crippen molar-refractivity contribution in [1.82, 2.24) is 10.3 Å². The lowest BCUT2D eigenvalue weighted by Gasteiger charge is -2.26. The number of nitrogens with one attached hydrogen (secondary N) is 1. The second-order valence-electron chi connectivity index (χ2n) is 9.80. The number of ether oxygens (including phenoxy) is 3. The van der Waals surface area contributed by atoms with E-state index in [1.165, 1.54) is 23.0 Å². The van der Waals surface area contributed by atoms with Crippen LogP contribution >= 0.6 is 0 Å². The molecule has 7 nitrogen and oxygen atoms in total. The first kappa shape index (κ1) is 26.5. The third kappa shape index (κ3) is 6.32. The van der Waals surface area contributed by atoms with Gasteiger partial charge in [0.05, 0.1) is 19.8 Å². The molecule has 2 unspecified atom stereocenters. The van der Waals surface area contributed by atoms with Gasteiger partial charge in [0.15, 0.2) is 17.2 Å². The number of oxazole rings is 1. The van der Waals surface area contributed by atoms with Gasteiger partial charge in [-0.3, -0.25) is 0 Å². The average molecular weight is 527 g/mol. The van der Waals surface area contributed by atoms with Gasteiger partial charge in [0.25, 0.3) is 0 Å². The van der Waals surface area contributed by atoms with Crippen molar-refractivity contribution in [1.29, 1.82) is 0 Å². The van der Waals surface area contributed by atoms with E-state index in [4.69, 9.17) is 18.6 Å². The van der Waals surface area contributed by atoms with Gasteiger partial charge >= 0.3 is 5.97 Å². The van der Waals surface area contributed by atoms with E-state index in [2.05, 4.69) is 65.8 Å². The largest absolute Gasteiger partial charge is 0.493 e. The predicted octanol–water partition coefficient (Wildman–Crippen LogP) is 6.23. The zero-order valence-corrected chi connectivity index (χ0v) is 22.6. The smallest absolute Gasteiger partial charge is 0.360 e. The normalized spacial score (nSPS) is 18.7. The molecule has 0 saturated carbocycles. The van der Waals surface area contributed by atoms with Crippen LogP contribution in [-0.2, 0) is 17.8 Å². The topological polar surface area (TPSA) is 82.8 Å². The molecule has 2 heterocycles. The van der Waals surface area contributed by atoms with E-state index in [1.54, 1.807) is 14.0 Å². The van der Waals surface area contributed by atoms with E-state index >= 15 is 0 Å². The third-order valence-electron chi connectivity index (χ3n) is 6.86. The highest BCUT2D eigenvalue weighted by Gasteiger charge is 2.22. The van der Waals surface area contributed by atoms with Crippen molar-refractivity contribution in [2.24, 2.45) is 5.92 Å². The van der Waals surface area contributed by atoms with Gasteiger partial charge in [-0.2, -0.15) is 0 Å². The molecular weight excluding hydrogens is 492 g/mol. The molecule has 0 bridgehead atoms. The van der Waals surface area contributed by atoms with Crippen LogP contribution in [0.15, 0.2) is 83.0 Å². The van der Waals surface area contributed by atoms with Crippen LogP contribution in [0.1, 0.15) is 59.4 Å². The number of carbonyl (C=O) groups is 1. The molecule has 0 amide bonds. The highest BCUT2D eigenvalue weighted by Crippen LogP contribution is 2.37. The summed E-state index contributed by atoms with van der Waals surface area (Å²) in [5.74, 6) is 1.73. The van der Waals surface area contributed by atoms with Gasteiger partial charge in [0, 0.05) is 12.1 Å². The Balaban J connectivity index is 1.33. The first-order valence-electron chi connectivity index (χ1n) is 13.4. The number of methoxy groups -OCH3 is 1. The van der Waals surface area contributed by atoms with Crippen molar-refractivity contribution >= 4 is 11.5 Å². The summed E-state index contributed by atoms with van der Waals surface area (Å²) in [6.07, 6.45) is 11.7. The monoisotopic (exact) mass is 526 g/mol. The minimum atomic E-state index is -0.479. The SMILES string of the molecule is CCOC(=O)c1coc(C2=CC(C)CC(/C=C/C3NCCc4cc(OCc5ccccc5)c(OC)cc43)=C2)n1. The predicted molar refractivity (Wildman–Crippen MR) is 150 cm³/mol. The molecule has 7 heteroatoms. The summed E-state index contributed by atoms with van der Waals surface area (Å²) in [7, 11) is 1.68. The molecule has 202 valence electrons. The summed E-state index contributed by atoms with van der Waals surface area (Å²) in [5.41, 5.74) is 5.77. The molecule has 3 aromatic rings. The van der Waals surface area contributed by atoms with E-state index in [1.807, 2.05) is 18.2 Å². The second kappa shape index (κ2) is 12.2. The summed E-state index contributed by atoms with van der Waals surface area (Å²) >= 11 is 0. The lowest BCUT2D eigenvalue weighted by atomic mass is 9.89. The van der Waals surface area contributed by atoms with Gasteiger partial charge in [-0.1, -0.05) is 55.5 Å². The maximum atomic E-state index is 12.0. The summed E-state index contributed by atoms with van der Waals surface area (Å²) in [6, 6.07) is 14.4. The van der Waals surface area contributed by atoms with Crippen molar-refractivity contribution < 1.29 is 23.4 Å². The molecule has 1 aliphatic heterocycles. The average Bonchev–Trinajstić information content (AvgIpc) is 3.46. The third-order valence-corrected chi connectivity index (χ3v) is 6.86. The zero-order valence-electron chi connectivity index (χ0n) is 22.6. The number of rotatable bonds is 9. The number of aromatic nitrogens is 1. The van der Waals surface area contributed by atoms with Crippen LogP contribution < -0.4 is 14.8 Å². The second-order valence-corrected chi connectivity index (χ2v) is 9.80. The van der Waals surface area contributed by atoms with Gasteiger partial charge in [-0.15, -0.1) is 0 Å². The van der Waals surface area contributed by atoms with Gasteiger partial charge in [-0.05, 0) is 66.2 Å². The fraction of sp³-hybridized carbons (Fsp3) is 0.312. The lowest BCUT2D eigenvalue weighted by Crippen LogP contribution is -2.28. The molecule has 0 saturated heterocycles. The number of carbonyl (C=O) groups excluding carboxylic acids is 1. The molecule has 0 spiro atoms. The summed E-state index contributed by atoms with van der Waals surface area (Å²) < 4.78 is 22.5. The summed E-state index contributed by atoms with van der Waals surface area (Å²) in [6.45, 7) is 5.58. The van der Waals surface area contributed by atoms with Crippen molar-refractivity contribution in [3.05, 3.63) is 107 Å². The van der Waals surface area contributed by atoms with Crippen LogP contribution in [0.5, 0.6) is 11.5 Å². The van der Waals surface area contributed by atoms with E-state index in [9.17, 15) is 4.79 Å². The first-order chi connectivity index (χ1) is 19.0. The van der Waals surface area contributed by atoms with Crippen LogP contribution in [0.2, 0.25) is 0 Å². The standard InChI is InChI=1S/C32H34N2O5/c1-4-37-32(35)28-20-39-31(34-28)25-15-21(2)14-23(16-25)10-11-27-26-18-29(36-3)30(17-24(26)12-13-33-27)38-19-22-8-6-5-7-9-22/h5-11,15-18,20-21,27,33H,4,12-14,19H2,1-3H3/b11-10+. The molecule has 1 aliphatic carbocycles. The fourth-order valence-electron chi connectivity index (χ4n) is 4.99.